The van der Waals surface area contributed by atoms with Gasteiger partial charge in [0.2, 0.25) is 11.6 Å². The Morgan fingerprint density at radius 2 is 2.11 bits per heavy atom. The summed E-state index contributed by atoms with van der Waals surface area (Å²) < 4.78 is 5.56. The van der Waals surface area contributed by atoms with Crippen LogP contribution >= 0.6 is 0 Å². The predicted octanol–water partition coefficient (Wildman–Crippen LogP) is 1.14. The van der Waals surface area contributed by atoms with Gasteiger partial charge in [-0.15, -0.1) is 0 Å². The maximum Gasteiger partial charge on any atom is 0.245 e. The maximum absolute atomic E-state index is 12.3. The first-order chi connectivity index (χ1) is 8.29. The van der Waals surface area contributed by atoms with Gasteiger partial charge in [0.05, 0.1) is 5.60 Å². The molecule has 0 aromatic rings. The second-order valence-electron chi connectivity index (χ2n) is 5.87. The van der Waals surface area contributed by atoms with Crippen LogP contribution in [0.15, 0.2) is 23.8 Å². The fourth-order valence-corrected chi connectivity index (χ4v) is 3.54. The first-order valence-electron chi connectivity index (χ1n) is 6.16. The number of Topliss-reactive ketones (excluding diaryl/α,β-unsaturated/α-hetero) is 1. The van der Waals surface area contributed by atoms with E-state index in [0.717, 1.165) is 0 Å². The largest absolute Gasteiger partial charge is 0.358 e. The molecule has 96 valence electrons. The number of rotatable bonds is 1. The minimum absolute atomic E-state index is 0.0742. The number of ether oxygens (including phenoxy) is 1. The fourth-order valence-electron chi connectivity index (χ4n) is 3.54. The van der Waals surface area contributed by atoms with E-state index in [1.165, 1.54) is 12.2 Å². The first-order valence-corrected chi connectivity index (χ1v) is 6.16. The summed E-state index contributed by atoms with van der Waals surface area (Å²) in [6, 6.07) is 0. The summed E-state index contributed by atoms with van der Waals surface area (Å²) in [5.41, 5.74) is -1.45. The molecule has 2 aliphatic carbocycles. The number of allylic oxidation sites excluding steroid dienone is 3. The van der Waals surface area contributed by atoms with E-state index in [2.05, 4.69) is 0 Å². The third kappa shape index (κ3) is 1.04. The minimum atomic E-state index is -1.97. The van der Waals surface area contributed by atoms with Crippen LogP contribution in [0.2, 0.25) is 0 Å². The average Bonchev–Trinajstić information content (AvgIpc) is 2.98. The zero-order valence-corrected chi connectivity index (χ0v) is 10.7. The lowest BCUT2D eigenvalue weighted by Crippen LogP contribution is -2.54. The van der Waals surface area contributed by atoms with Gasteiger partial charge in [0.25, 0.3) is 0 Å². The molecule has 4 heteroatoms. The van der Waals surface area contributed by atoms with Crippen molar-refractivity contribution in [3.63, 3.8) is 0 Å². The van der Waals surface area contributed by atoms with Gasteiger partial charge in [-0.25, -0.2) is 0 Å². The van der Waals surface area contributed by atoms with E-state index in [-0.39, 0.29) is 17.3 Å². The number of aliphatic hydroxyl groups is 1. The van der Waals surface area contributed by atoms with Crippen LogP contribution in [0, 0.1) is 11.3 Å². The first kappa shape index (κ1) is 11.8. The average molecular weight is 248 g/mol. The number of hydrogen-bond acceptors (Lipinski definition) is 4. The highest BCUT2D eigenvalue weighted by molar-refractivity contribution is 6.18. The van der Waals surface area contributed by atoms with Crippen molar-refractivity contribution in [2.75, 3.05) is 0 Å². The number of ketones is 2. The smallest absolute Gasteiger partial charge is 0.245 e. The summed E-state index contributed by atoms with van der Waals surface area (Å²) in [5, 5.41) is 10.6. The highest BCUT2D eigenvalue weighted by atomic mass is 16.7. The highest BCUT2D eigenvalue weighted by Gasteiger charge is 2.84. The van der Waals surface area contributed by atoms with Crippen molar-refractivity contribution < 1.29 is 19.4 Å². The van der Waals surface area contributed by atoms with Crippen molar-refractivity contribution in [3.8, 4) is 0 Å². The van der Waals surface area contributed by atoms with Gasteiger partial charge < -0.3 is 9.84 Å². The molecule has 18 heavy (non-hydrogen) atoms. The van der Waals surface area contributed by atoms with Gasteiger partial charge in [-0.3, -0.25) is 9.59 Å². The molecule has 0 amide bonds. The van der Waals surface area contributed by atoms with E-state index >= 15 is 0 Å². The van der Waals surface area contributed by atoms with Gasteiger partial charge in [0, 0.05) is 11.5 Å². The van der Waals surface area contributed by atoms with Gasteiger partial charge >= 0.3 is 0 Å². The topological polar surface area (TPSA) is 63.6 Å². The van der Waals surface area contributed by atoms with Crippen LogP contribution in [0.1, 0.15) is 27.2 Å². The third-order valence-electron chi connectivity index (χ3n) is 4.46. The minimum Gasteiger partial charge on any atom is -0.358 e. The molecule has 1 aliphatic heterocycles. The zero-order valence-electron chi connectivity index (χ0n) is 10.7. The normalized spacial score (nSPS) is 44.9. The Balaban J connectivity index is 2.15. The highest BCUT2D eigenvalue weighted by Crippen LogP contribution is 2.73. The lowest BCUT2D eigenvalue weighted by molar-refractivity contribution is -0.238. The molecule has 1 saturated heterocycles. The molecule has 0 aromatic carbocycles. The zero-order chi connectivity index (χ0) is 13.3. The quantitative estimate of drug-likeness (QED) is 0.756. The van der Waals surface area contributed by atoms with Crippen LogP contribution in [0.25, 0.3) is 0 Å². The second kappa shape index (κ2) is 3.00. The Kier molecular flexibility index (Phi) is 1.97. The standard InChI is InChI=1S/C14H16O4/c1-4-5-8-6-10(15)13-7-9(13)12(2,3)18-14(13,17)11(8)16/h4-6,9,17H,7H2,1-3H3/b5-4-/t9-,13-,14-/m1/s1. The van der Waals surface area contributed by atoms with Crippen LogP contribution in [0.3, 0.4) is 0 Å². The molecule has 1 saturated carbocycles. The summed E-state index contributed by atoms with van der Waals surface area (Å²) >= 11 is 0. The van der Waals surface area contributed by atoms with Crippen molar-refractivity contribution in [2.24, 2.45) is 11.3 Å². The SMILES string of the molecule is C/C=C\C1=CC(=O)[C@@]23C[C@@H]2C(C)(C)O[C@]3(O)C1=O. The van der Waals surface area contributed by atoms with Crippen molar-refractivity contribution in [1.82, 2.24) is 0 Å². The van der Waals surface area contributed by atoms with E-state index in [1.807, 2.05) is 13.8 Å². The van der Waals surface area contributed by atoms with Crippen molar-refractivity contribution in [3.05, 3.63) is 23.8 Å². The maximum atomic E-state index is 12.3. The van der Waals surface area contributed by atoms with Gasteiger partial charge in [0.1, 0.15) is 5.41 Å². The van der Waals surface area contributed by atoms with Crippen LogP contribution in [0.5, 0.6) is 0 Å². The molecule has 1 N–H and O–H groups in total. The van der Waals surface area contributed by atoms with Crippen molar-refractivity contribution in [2.45, 2.75) is 38.6 Å². The molecule has 3 atom stereocenters. The Morgan fingerprint density at radius 1 is 1.44 bits per heavy atom. The molecular weight excluding hydrogens is 232 g/mol. The van der Waals surface area contributed by atoms with Gasteiger partial charge in [-0.2, -0.15) is 0 Å². The third-order valence-corrected chi connectivity index (χ3v) is 4.46. The molecule has 0 bridgehead atoms. The van der Waals surface area contributed by atoms with E-state index in [9.17, 15) is 14.7 Å². The van der Waals surface area contributed by atoms with Gasteiger partial charge in [-0.05, 0) is 33.3 Å². The lowest BCUT2D eigenvalue weighted by atomic mass is 9.77. The van der Waals surface area contributed by atoms with Crippen LogP contribution in [0.4, 0.5) is 0 Å². The van der Waals surface area contributed by atoms with Gasteiger partial charge in [-0.1, -0.05) is 12.2 Å². The molecule has 0 radical (unpaired) electrons. The molecule has 3 aliphatic rings. The summed E-state index contributed by atoms with van der Waals surface area (Å²) in [7, 11) is 0. The molecule has 1 heterocycles. The van der Waals surface area contributed by atoms with Crippen molar-refractivity contribution in [1.29, 1.82) is 0 Å². The van der Waals surface area contributed by atoms with E-state index < -0.39 is 22.6 Å². The van der Waals surface area contributed by atoms with Crippen LogP contribution < -0.4 is 0 Å². The van der Waals surface area contributed by atoms with E-state index in [1.54, 1.807) is 13.0 Å². The lowest BCUT2D eigenvalue weighted by Gasteiger charge is -2.35. The van der Waals surface area contributed by atoms with E-state index in [0.29, 0.717) is 6.42 Å². The predicted molar refractivity (Wildman–Crippen MR) is 63.6 cm³/mol. The van der Waals surface area contributed by atoms with E-state index in [4.69, 9.17) is 4.74 Å². The Morgan fingerprint density at radius 3 is 2.67 bits per heavy atom. The molecule has 3 rings (SSSR count). The van der Waals surface area contributed by atoms with Gasteiger partial charge in [0.15, 0.2) is 5.78 Å². The Hall–Kier alpha value is -1.26. The van der Waals surface area contributed by atoms with Crippen LogP contribution in [-0.4, -0.2) is 28.1 Å². The fraction of sp³-hybridized carbons (Fsp3) is 0.571. The Labute approximate surface area is 105 Å². The molecule has 1 spiro atoms. The van der Waals surface area contributed by atoms with Crippen molar-refractivity contribution >= 4 is 11.6 Å². The summed E-state index contributed by atoms with van der Waals surface area (Å²) in [5.74, 6) is -2.72. The van der Waals surface area contributed by atoms with Crippen LogP contribution in [-0.2, 0) is 14.3 Å². The molecular formula is C14H16O4. The summed E-state index contributed by atoms with van der Waals surface area (Å²) in [6.45, 7) is 5.39. The Bertz CT molecular complexity index is 528. The molecule has 2 fully saturated rings. The number of carbonyl (C=O) groups is 2. The number of hydrogen-bond donors (Lipinski definition) is 1. The summed E-state index contributed by atoms with van der Waals surface area (Å²) in [6.07, 6.45) is 5.09. The molecule has 0 unspecified atom stereocenters. The second-order valence-corrected chi connectivity index (χ2v) is 5.87. The molecule has 4 nitrogen and oxygen atoms in total. The number of carbonyl (C=O) groups excluding carboxylic acids is 2. The monoisotopic (exact) mass is 248 g/mol. The summed E-state index contributed by atoms with van der Waals surface area (Å²) in [4.78, 5) is 24.6. The molecule has 0 aromatic heterocycles.